The molecule has 0 saturated heterocycles. The molecule has 0 aromatic heterocycles. The minimum absolute atomic E-state index is 0.869. The molecule has 0 amide bonds. The molecular formula is C11H27N. The second-order valence-electron chi connectivity index (χ2n) is 2.91. The molecule has 0 aliphatic heterocycles. The molecule has 0 radical (unpaired) electrons. The van der Waals surface area contributed by atoms with Crippen LogP contribution in [-0.2, 0) is 0 Å². The van der Waals surface area contributed by atoms with Gasteiger partial charge in [-0.05, 0) is 13.0 Å². The van der Waals surface area contributed by atoms with Gasteiger partial charge >= 0.3 is 0 Å². The Bertz CT molecular complexity index is 45.0. The monoisotopic (exact) mass is 173 g/mol. The van der Waals surface area contributed by atoms with E-state index in [1.54, 1.807) is 0 Å². The van der Waals surface area contributed by atoms with Crippen molar-refractivity contribution in [3.05, 3.63) is 0 Å². The van der Waals surface area contributed by atoms with Crippen molar-refractivity contribution in [2.75, 3.05) is 6.54 Å². The second kappa shape index (κ2) is 17.2. The van der Waals surface area contributed by atoms with Gasteiger partial charge in [-0.1, -0.05) is 59.3 Å². The number of hydrogen-bond acceptors (Lipinski definition) is 1. The van der Waals surface area contributed by atoms with E-state index < -0.39 is 0 Å². The lowest BCUT2D eigenvalue weighted by Crippen LogP contribution is -1.97. The topological polar surface area (TPSA) is 26.0 Å². The van der Waals surface area contributed by atoms with Gasteiger partial charge in [-0.15, -0.1) is 0 Å². The molecule has 2 N–H and O–H groups in total. The average molecular weight is 173 g/mol. The summed E-state index contributed by atoms with van der Waals surface area (Å²) in [6, 6.07) is 0. The smallest absolute Gasteiger partial charge is 0.00773 e. The molecule has 1 nitrogen and oxygen atoms in total. The molecule has 1 heteroatoms. The van der Waals surface area contributed by atoms with Crippen molar-refractivity contribution in [3.8, 4) is 0 Å². The number of hydrogen-bond donors (Lipinski definition) is 1. The molecule has 0 rings (SSSR count). The predicted molar refractivity (Wildman–Crippen MR) is 58.4 cm³/mol. The molecule has 76 valence electrons. The van der Waals surface area contributed by atoms with Crippen molar-refractivity contribution in [1.29, 1.82) is 0 Å². The van der Waals surface area contributed by atoms with Crippen molar-refractivity contribution in [2.24, 2.45) is 5.73 Å². The molecular weight excluding hydrogens is 146 g/mol. The van der Waals surface area contributed by atoms with Gasteiger partial charge in [0, 0.05) is 0 Å². The molecule has 0 spiro atoms. The fraction of sp³-hybridized carbons (Fsp3) is 1.00. The molecule has 0 aromatic carbocycles. The summed E-state index contributed by atoms with van der Waals surface area (Å²) in [7, 11) is 0. The van der Waals surface area contributed by atoms with Gasteiger partial charge in [0.2, 0.25) is 0 Å². The molecule has 0 unspecified atom stereocenters. The van der Waals surface area contributed by atoms with Crippen LogP contribution in [0.15, 0.2) is 0 Å². The van der Waals surface area contributed by atoms with Crippen molar-refractivity contribution >= 4 is 0 Å². The zero-order valence-corrected chi connectivity index (χ0v) is 9.23. The highest BCUT2D eigenvalue weighted by Gasteiger charge is 1.87. The maximum absolute atomic E-state index is 5.37. The van der Waals surface area contributed by atoms with Gasteiger partial charge in [-0.2, -0.15) is 0 Å². The number of unbranched alkanes of at least 4 members (excludes halogenated alkanes) is 6. The first-order chi connectivity index (χ1) is 5.91. The third-order valence-corrected chi connectivity index (χ3v) is 1.81. The van der Waals surface area contributed by atoms with Crippen LogP contribution in [0.4, 0.5) is 0 Å². The zero-order chi connectivity index (χ0) is 9.66. The molecule has 0 atom stereocenters. The normalized spacial score (nSPS) is 9.00. The third kappa shape index (κ3) is 16.5. The molecule has 12 heavy (non-hydrogen) atoms. The van der Waals surface area contributed by atoms with Crippen LogP contribution in [0.25, 0.3) is 0 Å². The van der Waals surface area contributed by atoms with Crippen LogP contribution in [0.3, 0.4) is 0 Å². The van der Waals surface area contributed by atoms with Crippen molar-refractivity contribution in [1.82, 2.24) is 0 Å². The Kier molecular flexibility index (Phi) is 20.7. The van der Waals surface area contributed by atoms with Crippen LogP contribution in [0.1, 0.15) is 65.7 Å². The summed E-state index contributed by atoms with van der Waals surface area (Å²) in [5.41, 5.74) is 5.37. The van der Waals surface area contributed by atoms with E-state index in [0.717, 1.165) is 6.54 Å². The highest BCUT2D eigenvalue weighted by molar-refractivity contribution is 4.44. The largest absolute Gasteiger partial charge is 0.330 e. The Balaban J connectivity index is 0. The predicted octanol–water partition coefficient (Wildman–Crippen LogP) is 3.72. The average Bonchev–Trinajstić information content (AvgIpc) is 2.15. The number of rotatable bonds is 7. The van der Waals surface area contributed by atoms with Crippen LogP contribution >= 0.6 is 0 Å². The SMILES string of the molecule is CC.CCCCCCCCCN. The Morgan fingerprint density at radius 1 is 0.750 bits per heavy atom. The summed E-state index contributed by atoms with van der Waals surface area (Å²) in [6.45, 7) is 7.12. The van der Waals surface area contributed by atoms with Gasteiger partial charge in [-0.3, -0.25) is 0 Å². The van der Waals surface area contributed by atoms with E-state index in [2.05, 4.69) is 6.92 Å². The van der Waals surface area contributed by atoms with Gasteiger partial charge in [-0.25, -0.2) is 0 Å². The summed E-state index contributed by atoms with van der Waals surface area (Å²) in [5.74, 6) is 0. The molecule has 0 aliphatic rings. The summed E-state index contributed by atoms with van der Waals surface area (Å²) in [5, 5.41) is 0. The zero-order valence-electron chi connectivity index (χ0n) is 9.23. The van der Waals surface area contributed by atoms with Crippen molar-refractivity contribution in [3.63, 3.8) is 0 Å². The molecule has 0 saturated carbocycles. The van der Waals surface area contributed by atoms with Gasteiger partial charge in [0.05, 0.1) is 0 Å². The van der Waals surface area contributed by atoms with E-state index in [0.29, 0.717) is 0 Å². The fourth-order valence-corrected chi connectivity index (χ4v) is 1.10. The molecule has 0 bridgehead atoms. The molecule has 0 fully saturated rings. The Morgan fingerprint density at radius 2 is 1.17 bits per heavy atom. The minimum atomic E-state index is 0.869. The van der Waals surface area contributed by atoms with Crippen LogP contribution in [0.5, 0.6) is 0 Å². The molecule has 0 aromatic rings. The van der Waals surface area contributed by atoms with E-state index in [9.17, 15) is 0 Å². The first-order valence-corrected chi connectivity index (χ1v) is 5.62. The van der Waals surface area contributed by atoms with Crippen LogP contribution in [-0.4, -0.2) is 6.54 Å². The van der Waals surface area contributed by atoms with Gasteiger partial charge < -0.3 is 5.73 Å². The Hall–Kier alpha value is -0.0400. The lowest BCUT2D eigenvalue weighted by atomic mass is 10.1. The Labute approximate surface area is 78.7 Å². The van der Waals surface area contributed by atoms with E-state index in [4.69, 9.17) is 5.73 Å². The van der Waals surface area contributed by atoms with Gasteiger partial charge in [0.1, 0.15) is 0 Å². The lowest BCUT2D eigenvalue weighted by molar-refractivity contribution is 0.593. The summed E-state index contributed by atoms with van der Waals surface area (Å²) in [6.07, 6.45) is 9.51. The summed E-state index contributed by atoms with van der Waals surface area (Å²) >= 11 is 0. The maximum Gasteiger partial charge on any atom is -0.00773 e. The van der Waals surface area contributed by atoms with E-state index in [-0.39, 0.29) is 0 Å². The van der Waals surface area contributed by atoms with Gasteiger partial charge in [0.15, 0.2) is 0 Å². The molecule has 0 aliphatic carbocycles. The Morgan fingerprint density at radius 3 is 1.58 bits per heavy atom. The summed E-state index contributed by atoms with van der Waals surface area (Å²) < 4.78 is 0. The highest BCUT2D eigenvalue weighted by Crippen LogP contribution is 2.05. The van der Waals surface area contributed by atoms with Crippen molar-refractivity contribution in [2.45, 2.75) is 65.7 Å². The van der Waals surface area contributed by atoms with Crippen LogP contribution < -0.4 is 5.73 Å². The first-order valence-electron chi connectivity index (χ1n) is 5.62. The minimum Gasteiger partial charge on any atom is -0.330 e. The highest BCUT2D eigenvalue weighted by atomic mass is 14.5. The first kappa shape index (κ1) is 14.5. The van der Waals surface area contributed by atoms with Crippen molar-refractivity contribution < 1.29 is 0 Å². The van der Waals surface area contributed by atoms with Gasteiger partial charge in [0.25, 0.3) is 0 Å². The van der Waals surface area contributed by atoms with E-state index >= 15 is 0 Å². The summed E-state index contributed by atoms with van der Waals surface area (Å²) in [4.78, 5) is 0. The quantitative estimate of drug-likeness (QED) is 0.583. The lowest BCUT2D eigenvalue weighted by Gasteiger charge is -1.97. The number of nitrogens with two attached hydrogens (primary N) is 1. The maximum atomic E-state index is 5.37. The van der Waals surface area contributed by atoms with Crippen LogP contribution in [0.2, 0.25) is 0 Å². The van der Waals surface area contributed by atoms with E-state index in [1.165, 1.54) is 44.9 Å². The third-order valence-electron chi connectivity index (χ3n) is 1.81. The van der Waals surface area contributed by atoms with Crippen LogP contribution in [0, 0.1) is 0 Å². The molecule has 0 heterocycles. The second-order valence-corrected chi connectivity index (χ2v) is 2.91. The fourth-order valence-electron chi connectivity index (χ4n) is 1.10. The standard InChI is InChI=1S/C9H21N.C2H6/c1-2-3-4-5-6-7-8-9-10;1-2/h2-10H2,1H3;1-2H3. The van der Waals surface area contributed by atoms with E-state index in [1.807, 2.05) is 13.8 Å².